The summed E-state index contributed by atoms with van der Waals surface area (Å²) in [6.45, 7) is 0.0125. The summed E-state index contributed by atoms with van der Waals surface area (Å²) in [5.41, 5.74) is 6.80. The molecule has 0 aliphatic carbocycles. The molecule has 5 heteroatoms. The summed E-state index contributed by atoms with van der Waals surface area (Å²) in [6, 6.07) is 9.86. The third kappa shape index (κ3) is 3.78. The first-order valence-electron chi connectivity index (χ1n) is 5.16. The van der Waals surface area contributed by atoms with Crippen molar-refractivity contribution < 1.29 is 5.11 Å². The second-order valence-corrected chi connectivity index (χ2v) is 4.76. The van der Waals surface area contributed by atoms with Gasteiger partial charge in [0.1, 0.15) is 5.01 Å². The van der Waals surface area contributed by atoms with Gasteiger partial charge in [-0.2, -0.15) is 0 Å². The Hall–Kier alpha value is -0.940. The second-order valence-electron chi connectivity index (χ2n) is 3.64. The number of hydrogen-bond donors (Lipinski definition) is 2. The lowest BCUT2D eigenvalue weighted by Crippen LogP contribution is -2.26. The standard InChI is InChI=1S/C12H14N2OS.ClH/c13-10(8-15)6-11-7-14-12(16-11)9-4-2-1-3-5-9;/h1-5,7,10,15H,6,8,13H2;1H. The summed E-state index contributed by atoms with van der Waals surface area (Å²) in [5.74, 6) is 0. The minimum Gasteiger partial charge on any atom is -0.395 e. The molecule has 0 aliphatic heterocycles. The first kappa shape index (κ1) is 14.1. The SMILES string of the molecule is Cl.NC(CO)Cc1cnc(-c2ccccc2)s1. The van der Waals surface area contributed by atoms with E-state index in [0.29, 0.717) is 6.42 Å². The highest BCUT2D eigenvalue weighted by Crippen LogP contribution is 2.25. The van der Waals surface area contributed by atoms with Crippen molar-refractivity contribution in [2.45, 2.75) is 12.5 Å². The highest BCUT2D eigenvalue weighted by Gasteiger charge is 2.07. The number of halogens is 1. The van der Waals surface area contributed by atoms with Gasteiger partial charge in [-0.1, -0.05) is 30.3 Å². The third-order valence-corrected chi connectivity index (χ3v) is 3.34. The van der Waals surface area contributed by atoms with E-state index < -0.39 is 0 Å². The van der Waals surface area contributed by atoms with E-state index in [-0.39, 0.29) is 25.1 Å². The fourth-order valence-electron chi connectivity index (χ4n) is 1.44. The van der Waals surface area contributed by atoms with Crippen molar-refractivity contribution in [2.75, 3.05) is 6.61 Å². The summed E-state index contributed by atoms with van der Waals surface area (Å²) in [4.78, 5) is 5.47. The monoisotopic (exact) mass is 270 g/mol. The molecule has 1 heterocycles. The smallest absolute Gasteiger partial charge is 0.123 e. The van der Waals surface area contributed by atoms with E-state index in [1.807, 2.05) is 36.5 Å². The average molecular weight is 271 g/mol. The Morgan fingerprint density at radius 1 is 1.29 bits per heavy atom. The maximum Gasteiger partial charge on any atom is 0.123 e. The number of aliphatic hydroxyl groups is 1. The van der Waals surface area contributed by atoms with Gasteiger partial charge in [0.25, 0.3) is 0 Å². The lowest BCUT2D eigenvalue weighted by atomic mass is 10.2. The van der Waals surface area contributed by atoms with Crippen molar-refractivity contribution >= 4 is 23.7 Å². The molecule has 0 aliphatic rings. The van der Waals surface area contributed by atoms with Gasteiger partial charge in [0.05, 0.1) is 6.61 Å². The zero-order valence-electron chi connectivity index (χ0n) is 9.24. The van der Waals surface area contributed by atoms with E-state index >= 15 is 0 Å². The van der Waals surface area contributed by atoms with Crippen LogP contribution >= 0.6 is 23.7 Å². The zero-order valence-corrected chi connectivity index (χ0v) is 10.9. The van der Waals surface area contributed by atoms with Crippen molar-refractivity contribution in [3.05, 3.63) is 41.4 Å². The molecule has 0 spiro atoms. The summed E-state index contributed by atoms with van der Waals surface area (Å²) in [5, 5.41) is 9.88. The number of rotatable bonds is 4. The minimum absolute atomic E-state index is 0. The Bertz CT molecular complexity index is 447. The fraction of sp³-hybridized carbons (Fsp3) is 0.250. The molecule has 92 valence electrons. The van der Waals surface area contributed by atoms with Gasteiger partial charge >= 0.3 is 0 Å². The van der Waals surface area contributed by atoms with Crippen LogP contribution in [0.2, 0.25) is 0 Å². The summed E-state index contributed by atoms with van der Waals surface area (Å²) in [6.07, 6.45) is 2.52. The van der Waals surface area contributed by atoms with Crippen molar-refractivity contribution in [3.63, 3.8) is 0 Å². The van der Waals surface area contributed by atoms with Gasteiger partial charge in [0, 0.05) is 29.1 Å². The highest BCUT2D eigenvalue weighted by atomic mass is 35.5. The number of hydrogen-bond acceptors (Lipinski definition) is 4. The average Bonchev–Trinajstić information content (AvgIpc) is 2.78. The molecule has 3 nitrogen and oxygen atoms in total. The number of aromatic nitrogens is 1. The number of aliphatic hydroxyl groups excluding tert-OH is 1. The predicted molar refractivity (Wildman–Crippen MR) is 73.6 cm³/mol. The lowest BCUT2D eigenvalue weighted by Gasteiger charge is -2.03. The maximum absolute atomic E-state index is 8.88. The predicted octanol–water partition coefficient (Wildman–Crippen LogP) is 2.09. The molecule has 3 N–H and O–H groups in total. The topological polar surface area (TPSA) is 59.1 Å². The van der Waals surface area contributed by atoms with Gasteiger partial charge in [-0.15, -0.1) is 23.7 Å². The molecule has 1 unspecified atom stereocenters. The second kappa shape index (κ2) is 6.71. The van der Waals surface area contributed by atoms with Crippen LogP contribution in [0.4, 0.5) is 0 Å². The van der Waals surface area contributed by atoms with Crippen LogP contribution in [-0.2, 0) is 6.42 Å². The first-order chi connectivity index (χ1) is 7.79. The van der Waals surface area contributed by atoms with E-state index in [4.69, 9.17) is 10.8 Å². The first-order valence-corrected chi connectivity index (χ1v) is 5.98. The van der Waals surface area contributed by atoms with E-state index in [2.05, 4.69) is 4.98 Å². The van der Waals surface area contributed by atoms with Crippen molar-refractivity contribution in [1.82, 2.24) is 4.98 Å². The molecular formula is C12H15ClN2OS. The van der Waals surface area contributed by atoms with Crippen LogP contribution in [0.5, 0.6) is 0 Å². The molecule has 2 aromatic rings. The summed E-state index contributed by atoms with van der Waals surface area (Å²) >= 11 is 1.63. The third-order valence-electron chi connectivity index (χ3n) is 2.27. The van der Waals surface area contributed by atoms with Crippen LogP contribution in [0.15, 0.2) is 36.5 Å². The molecule has 1 atom stereocenters. The molecule has 1 aromatic heterocycles. The van der Waals surface area contributed by atoms with Gasteiger partial charge in [-0.3, -0.25) is 0 Å². The van der Waals surface area contributed by atoms with Gasteiger partial charge in [0.15, 0.2) is 0 Å². The van der Waals surface area contributed by atoms with E-state index in [9.17, 15) is 0 Å². The largest absolute Gasteiger partial charge is 0.395 e. The molecule has 0 bridgehead atoms. The van der Waals surface area contributed by atoms with Gasteiger partial charge in [-0.05, 0) is 0 Å². The molecule has 1 aromatic carbocycles. The van der Waals surface area contributed by atoms with Crippen LogP contribution < -0.4 is 5.73 Å². The van der Waals surface area contributed by atoms with E-state index in [1.165, 1.54) is 0 Å². The van der Waals surface area contributed by atoms with Crippen molar-refractivity contribution in [1.29, 1.82) is 0 Å². The van der Waals surface area contributed by atoms with Gasteiger partial charge in [0.2, 0.25) is 0 Å². The number of nitrogens with two attached hydrogens (primary N) is 1. The summed E-state index contributed by atoms with van der Waals surface area (Å²) < 4.78 is 0. The van der Waals surface area contributed by atoms with E-state index in [0.717, 1.165) is 15.4 Å². The normalized spacial score (nSPS) is 11.9. The molecule has 0 saturated heterocycles. The van der Waals surface area contributed by atoms with E-state index in [1.54, 1.807) is 11.3 Å². The Labute approximate surface area is 111 Å². The Kier molecular flexibility index (Phi) is 5.58. The number of benzene rings is 1. The maximum atomic E-state index is 8.88. The van der Waals surface area contributed by atoms with Crippen LogP contribution in [0, 0.1) is 0 Å². The van der Waals surface area contributed by atoms with Crippen LogP contribution in [0.1, 0.15) is 4.88 Å². The fourth-order valence-corrected chi connectivity index (χ4v) is 2.45. The number of thiazole rings is 1. The number of nitrogens with zero attached hydrogens (tertiary/aromatic N) is 1. The van der Waals surface area contributed by atoms with Crippen LogP contribution in [0.25, 0.3) is 10.6 Å². The minimum atomic E-state index is -0.191. The molecule has 0 amide bonds. The molecule has 0 saturated carbocycles. The molecule has 2 rings (SSSR count). The molecular weight excluding hydrogens is 256 g/mol. The van der Waals surface area contributed by atoms with Crippen molar-refractivity contribution in [3.8, 4) is 10.6 Å². The quantitative estimate of drug-likeness (QED) is 0.894. The van der Waals surface area contributed by atoms with Gasteiger partial charge < -0.3 is 10.8 Å². The van der Waals surface area contributed by atoms with Crippen molar-refractivity contribution in [2.24, 2.45) is 5.73 Å². The summed E-state index contributed by atoms with van der Waals surface area (Å²) in [7, 11) is 0. The Morgan fingerprint density at radius 2 is 2.00 bits per heavy atom. The van der Waals surface area contributed by atoms with Crippen LogP contribution in [0.3, 0.4) is 0 Å². The lowest BCUT2D eigenvalue weighted by molar-refractivity contribution is 0.265. The van der Waals surface area contributed by atoms with Crippen LogP contribution in [-0.4, -0.2) is 22.7 Å². The molecule has 0 radical (unpaired) electrons. The Balaban J connectivity index is 0.00000144. The molecule has 0 fully saturated rings. The molecule has 17 heavy (non-hydrogen) atoms. The zero-order chi connectivity index (χ0) is 11.4. The Morgan fingerprint density at radius 3 is 2.65 bits per heavy atom. The van der Waals surface area contributed by atoms with Gasteiger partial charge in [-0.25, -0.2) is 4.98 Å². The highest BCUT2D eigenvalue weighted by molar-refractivity contribution is 7.15.